The van der Waals surface area contributed by atoms with E-state index in [9.17, 15) is 9.18 Å². The topological polar surface area (TPSA) is 71.2 Å². The third-order valence-corrected chi connectivity index (χ3v) is 4.01. The summed E-state index contributed by atoms with van der Waals surface area (Å²) in [6.07, 6.45) is 1.82. The highest BCUT2D eigenvalue weighted by atomic mass is 19.1. The van der Waals surface area contributed by atoms with Crippen molar-refractivity contribution in [1.82, 2.24) is 19.8 Å². The van der Waals surface area contributed by atoms with Crippen molar-refractivity contribution in [2.75, 3.05) is 19.8 Å². The van der Waals surface area contributed by atoms with Crippen LogP contribution in [0.15, 0.2) is 16.9 Å². The summed E-state index contributed by atoms with van der Waals surface area (Å²) in [5, 5.41) is 7.49. The summed E-state index contributed by atoms with van der Waals surface area (Å²) in [6.45, 7) is 3.51. The lowest BCUT2D eigenvalue weighted by Crippen LogP contribution is -2.24. The Hall–Kier alpha value is -2.22. The number of benzene rings is 1. The summed E-state index contributed by atoms with van der Waals surface area (Å²) < 4.78 is 27.3. The van der Waals surface area contributed by atoms with E-state index in [-0.39, 0.29) is 5.82 Å². The van der Waals surface area contributed by atoms with Crippen molar-refractivity contribution < 1.29 is 13.9 Å². The molecule has 3 rings (SSSR count). The molecule has 1 fully saturated rings. The molecular formula is C15H19FN4O3. The van der Waals surface area contributed by atoms with Gasteiger partial charge < -0.3 is 9.47 Å². The third kappa shape index (κ3) is 3.26. The Morgan fingerprint density at radius 3 is 2.74 bits per heavy atom. The highest BCUT2D eigenvalue weighted by Crippen LogP contribution is 2.26. The Morgan fingerprint density at radius 1 is 1.35 bits per heavy atom. The van der Waals surface area contributed by atoms with Crippen LogP contribution in [0, 0.1) is 18.7 Å². The number of hydrogen-bond acceptors (Lipinski definition) is 5. The first-order chi connectivity index (χ1) is 11.1. The van der Waals surface area contributed by atoms with E-state index in [0.29, 0.717) is 42.7 Å². The normalized spacial score (nSPS) is 15.8. The number of hydrogen-bond donors (Lipinski definition) is 0. The van der Waals surface area contributed by atoms with E-state index < -0.39 is 5.69 Å². The lowest BCUT2D eigenvalue weighted by molar-refractivity contribution is 0.0497. The summed E-state index contributed by atoms with van der Waals surface area (Å²) in [5.41, 5.74) is 0.400. The predicted molar refractivity (Wildman–Crippen MR) is 80.3 cm³/mol. The smallest absolute Gasteiger partial charge is 0.368 e. The maximum atomic E-state index is 13.9. The molecule has 124 valence electrons. The first-order valence-corrected chi connectivity index (χ1v) is 7.56. The average molecular weight is 322 g/mol. The van der Waals surface area contributed by atoms with Crippen LogP contribution < -0.4 is 10.4 Å². The first-order valence-electron chi connectivity index (χ1n) is 7.56. The van der Waals surface area contributed by atoms with Gasteiger partial charge in [0, 0.05) is 26.3 Å². The standard InChI is InChI=1S/C15H19FN4O3/c1-10-7-13(20-15(21)19(2)17-18-20)14(8-12(10)16)23-9-11-3-5-22-6-4-11/h7-8,11H,3-6,9H2,1-2H3. The van der Waals surface area contributed by atoms with Crippen LogP contribution >= 0.6 is 0 Å². The maximum Gasteiger partial charge on any atom is 0.368 e. The molecule has 0 saturated carbocycles. The fraction of sp³-hybridized carbons (Fsp3) is 0.533. The van der Waals surface area contributed by atoms with Gasteiger partial charge in [0.1, 0.15) is 17.3 Å². The van der Waals surface area contributed by atoms with Crippen molar-refractivity contribution in [3.63, 3.8) is 0 Å². The summed E-state index contributed by atoms with van der Waals surface area (Å²) in [4.78, 5) is 12.1. The van der Waals surface area contributed by atoms with Crippen LogP contribution in [0.25, 0.3) is 5.69 Å². The number of ether oxygens (including phenoxy) is 2. The zero-order valence-electron chi connectivity index (χ0n) is 13.2. The fourth-order valence-corrected chi connectivity index (χ4v) is 2.51. The second-order valence-corrected chi connectivity index (χ2v) is 5.73. The highest BCUT2D eigenvalue weighted by Gasteiger charge is 2.18. The van der Waals surface area contributed by atoms with Crippen LogP contribution in [0.5, 0.6) is 5.75 Å². The summed E-state index contributed by atoms with van der Waals surface area (Å²) in [6, 6.07) is 2.84. The van der Waals surface area contributed by atoms with E-state index in [1.54, 1.807) is 13.0 Å². The van der Waals surface area contributed by atoms with E-state index in [1.807, 2.05) is 0 Å². The second-order valence-electron chi connectivity index (χ2n) is 5.73. The molecule has 2 aromatic rings. The van der Waals surface area contributed by atoms with Gasteiger partial charge in [-0.1, -0.05) is 0 Å². The molecule has 0 amide bonds. The average Bonchev–Trinajstić information content (AvgIpc) is 2.89. The molecule has 0 aliphatic carbocycles. The zero-order chi connectivity index (χ0) is 16.4. The molecule has 1 aromatic carbocycles. The van der Waals surface area contributed by atoms with E-state index in [4.69, 9.17) is 9.47 Å². The highest BCUT2D eigenvalue weighted by molar-refractivity contribution is 5.48. The van der Waals surface area contributed by atoms with Crippen molar-refractivity contribution in [1.29, 1.82) is 0 Å². The predicted octanol–water partition coefficient (Wildman–Crippen LogP) is 1.22. The molecule has 2 heterocycles. The van der Waals surface area contributed by atoms with Gasteiger partial charge in [0.25, 0.3) is 0 Å². The maximum absolute atomic E-state index is 13.9. The number of tetrazole rings is 1. The van der Waals surface area contributed by atoms with Gasteiger partial charge >= 0.3 is 5.69 Å². The number of aromatic nitrogens is 4. The molecular weight excluding hydrogens is 303 g/mol. The molecule has 0 N–H and O–H groups in total. The first kappa shape index (κ1) is 15.7. The minimum Gasteiger partial charge on any atom is -0.491 e. The third-order valence-electron chi connectivity index (χ3n) is 4.01. The quantitative estimate of drug-likeness (QED) is 0.846. The van der Waals surface area contributed by atoms with Crippen LogP contribution in [0.1, 0.15) is 18.4 Å². The zero-order valence-corrected chi connectivity index (χ0v) is 13.2. The minimum absolute atomic E-state index is 0.294. The largest absolute Gasteiger partial charge is 0.491 e. The number of nitrogens with zero attached hydrogens (tertiary/aromatic N) is 4. The molecule has 0 atom stereocenters. The van der Waals surface area contributed by atoms with Gasteiger partial charge in [-0.25, -0.2) is 9.18 Å². The van der Waals surface area contributed by atoms with E-state index in [2.05, 4.69) is 10.4 Å². The molecule has 23 heavy (non-hydrogen) atoms. The Kier molecular flexibility index (Phi) is 4.42. The van der Waals surface area contributed by atoms with Crippen molar-refractivity contribution in [2.45, 2.75) is 19.8 Å². The lowest BCUT2D eigenvalue weighted by Gasteiger charge is -2.22. The SMILES string of the molecule is Cc1cc(-n2nnn(C)c2=O)c(OCC2CCOCC2)cc1F. The van der Waals surface area contributed by atoms with Crippen LogP contribution in [-0.4, -0.2) is 39.6 Å². The molecule has 1 aromatic heterocycles. The van der Waals surface area contributed by atoms with Gasteiger partial charge in [0.2, 0.25) is 0 Å². The molecule has 1 aliphatic heterocycles. The summed E-state index contributed by atoms with van der Waals surface area (Å²) in [7, 11) is 1.50. The van der Waals surface area contributed by atoms with Gasteiger partial charge in [-0.3, -0.25) is 0 Å². The van der Waals surface area contributed by atoms with Crippen LogP contribution in [0.3, 0.4) is 0 Å². The number of halogens is 1. The molecule has 0 unspecified atom stereocenters. The van der Waals surface area contributed by atoms with E-state index in [0.717, 1.165) is 22.2 Å². The van der Waals surface area contributed by atoms with Gasteiger partial charge in [-0.2, -0.15) is 9.36 Å². The monoisotopic (exact) mass is 322 g/mol. The van der Waals surface area contributed by atoms with Crippen LogP contribution in [0.4, 0.5) is 4.39 Å². The van der Waals surface area contributed by atoms with Crippen molar-refractivity contribution >= 4 is 0 Å². The molecule has 0 radical (unpaired) electrons. The van der Waals surface area contributed by atoms with Crippen molar-refractivity contribution in [3.05, 3.63) is 34.0 Å². The van der Waals surface area contributed by atoms with Crippen LogP contribution in [0.2, 0.25) is 0 Å². The van der Waals surface area contributed by atoms with Crippen molar-refractivity contribution in [3.8, 4) is 11.4 Å². The number of aryl methyl sites for hydroxylation is 2. The summed E-state index contributed by atoms with van der Waals surface area (Å²) in [5.74, 6) is 0.273. The molecule has 1 aliphatic rings. The van der Waals surface area contributed by atoms with Gasteiger partial charge in [-0.05, 0) is 47.7 Å². The fourth-order valence-electron chi connectivity index (χ4n) is 2.51. The Bertz CT molecular complexity index is 750. The number of rotatable bonds is 4. The lowest BCUT2D eigenvalue weighted by atomic mass is 10.0. The van der Waals surface area contributed by atoms with Crippen LogP contribution in [-0.2, 0) is 11.8 Å². The molecule has 0 bridgehead atoms. The summed E-state index contributed by atoms with van der Waals surface area (Å²) >= 11 is 0. The molecule has 8 heteroatoms. The Morgan fingerprint density at radius 2 is 2.09 bits per heavy atom. The second kappa shape index (κ2) is 6.49. The Labute approximate surface area is 132 Å². The molecule has 7 nitrogen and oxygen atoms in total. The van der Waals surface area contributed by atoms with Crippen molar-refractivity contribution in [2.24, 2.45) is 13.0 Å². The van der Waals surface area contributed by atoms with E-state index >= 15 is 0 Å². The van der Waals surface area contributed by atoms with Gasteiger partial charge in [0.15, 0.2) is 0 Å². The van der Waals surface area contributed by atoms with Gasteiger partial charge in [0.05, 0.1) is 6.61 Å². The van der Waals surface area contributed by atoms with Gasteiger partial charge in [-0.15, -0.1) is 0 Å². The molecule has 0 spiro atoms. The molecule has 1 saturated heterocycles. The van der Waals surface area contributed by atoms with E-state index in [1.165, 1.54) is 13.1 Å². The Balaban J connectivity index is 1.90. The minimum atomic E-state index is -0.410.